The van der Waals surface area contributed by atoms with Crippen LogP contribution in [0.1, 0.15) is 74.5 Å². The van der Waals surface area contributed by atoms with Gasteiger partial charge in [-0.3, -0.25) is 4.90 Å². The monoisotopic (exact) mass is 709 g/mol. The summed E-state index contributed by atoms with van der Waals surface area (Å²) in [6.07, 6.45) is -12.5. The Kier molecular flexibility index (Phi) is 11.8. The summed E-state index contributed by atoms with van der Waals surface area (Å²) in [6, 6.07) is 17.2. The molecule has 0 aromatic heterocycles. The summed E-state index contributed by atoms with van der Waals surface area (Å²) in [5.74, 6) is 0. The number of nitrogens with zero attached hydrogens (tertiary/aromatic N) is 1. The van der Waals surface area contributed by atoms with Crippen molar-refractivity contribution >= 4 is 12.2 Å². The zero-order valence-electron chi connectivity index (χ0n) is 28.1. The van der Waals surface area contributed by atoms with Crippen LogP contribution in [0, 0.1) is 0 Å². The molecule has 3 aromatic carbocycles. The van der Waals surface area contributed by atoms with E-state index in [4.69, 9.17) is 19.9 Å². The molecule has 1 aliphatic heterocycles. The normalized spacial score (nSPS) is 20.6. The molecular weight excluding hydrogens is 668 g/mol. The molecule has 4 rings (SSSR count). The Morgan fingerprint density at radius 1 is 0.920 bits per heavy atom. The van der Waals surface area contributed by atoms with Gasteiger partial charge >= 0.3 is 24.5 Å². The highest BCUT2D eigenvalue weighted by Gasteiger charge is 2.52. The molecular formula is C36H41F6N3O5. The zero-order chi connectivity index (χ0) is 36.9. The highest BCUT2D eigenvalue weighted by molar-refractivity contribution is 5.72. The molecule has 1 aliphatic rings. The van der Waals surface area contributed by atoms with E-state index in [1.54, 1.807) is 81.4 Å². The minimum atomic E-state index is -5.05. The third-order valence-electron chi connectivity index (χ3n) is 8.43. The van der Waals surface area contributed by atoms with Crippen molar-refractivity contribution in [2.45, 2.75) is 88.8 Å². The first-order chi connectivity index (χ1) is 23.3. The van der Waals surface area contributed by atoms with E-state index in [2.05, 4.69) is 5.32 Å². The van der Waals surface area contributed by atoms with E-state index in [9.17, 15) is 35.9 Å². The van der Waals surface area contributed by atoms with Crippen LogP contribution in [-0.2, 0) is 38.7 Å². The van der Waals surface area contributed by atoms with E-state index in [1.807, 2.05) is 0 Å². The lowest BCUT2D eigenvalue weighted by atomic mass is 9.76. The Balaban J connectivity index is 1.76. The van der Waals surface area contributed by atoms with Gasteiger partial charge in [0.25, 0.3) is 0 Å². The van der Waals surface area contributed by atoms with Crippen LogP contribution in [0.25, 0.3) is 0 Å². The Hall–Kier alpha value is -4.30. The van der Waals surface area contributed by atoms with Gasteiger partial charge in [0.1, 0.15) is 12.2 Å². The highest BCUT2D eigenvalue weighted by atomic mass is 19.4. The number of alkyl halides is 6. The maximum Gasteiger partial charge on any atom is 0.416 e. The third-order valence-corrected chi connectivity index (χ3v) is 8.43. The molecule has 3 aromatic rings. The SMILES string of the molecule is C[C@@H](OC[C@@]1(c2ccccc2)CC[C@H](NC(=O)OC(C)(C)C)[C@@H](CN)N1C(=O)OCc1ccccc1)c1cc(C(F)(F)F)cc(C(F)(F)F)c1. The number of nitrogens with two attached hydrogens (primary N) is 1. The summed E-state index contributed by atoms with van der Waals surface area (Å²) in [5.41, 5.74) is 2.03. The van der Waals surface area contributed by atoms with Gasteiger partial charge in [0.15, 0.2) is 0 Å². The van der Waals surface area contributed by atoms with Gasteiger partial charge in [0, 0.05) is 6.54 Å². The molecule has 272 valence electrons. The maximum absolute atomic E-state index is 14.2. The van der Waals surface area contributed by atoms with Gasteiger partial charge in [-0.1, -0.05) is 60.7 Å². The largest absolute Gasteiger partial charge is 0.445 e. The van der Waals surface area contributed by atoms with Crippen molar-refractivity contribution in [1.29, 1.82) is 0 Å². The molecule has 0 aliphatic carbocycles. The highest BCUT2D eigenvalue weighted by Crippen LogP contribution is 2.43. The van der Waals surface area contributed by atoms with Gasteiger partial charge in [-0.2, -0.15) is 26.3 Å². The quantitative estimate of drug-likeness (QED) is 0.217. The molecule has 14 heteroatoms. The van der Waals surface area contributed by atoms with Gasteiger partial charge in [-0.25, -0.2) is 9.59 Å². The lowest BCUT2D eigenvalue weighted by Crippen LogP contribution is -2.68. The van der Waals surface area contributed by atoms with Crippen LogP contribution >= 0.6 is 0 Å². The standard InChI is InChI=1S/C36H41F6N3O5/c1-23(25-17-27(35(37,38)39)19-28(18-25)36(40,41)42)49-22-34(26-13-9-6-10-14-26)16-15-29(44-31(46)50-33(2,3)4)30(20-43)45(34)32(47)48-21-24-11-7-5-8-12-24/h5-14,17-19,23,29-30H,15-16,20-22,43H2,1-4H3,(H,44,46)/t23-,29+,30-,34-/m1/s1. The lowest BCUT2D eigenvalue weighted by Gasteiger charge is -2.53. The zero-order valence-corrected chi connectivity index (χ0v) is 28.1. The molecule has 0 unspecified atom stereocenters. The second-order valence-electron chi connectivity index (χ2n) is 13.2. The molecule has 50 heavy (non-hydrogen) atoms. The number of amides is 2. The smallest absolute Gasteiger partial charge is 0.416 e. The molecule has 3 N–H and O–H groups in total. The lowest BCUT2D eigenvalue weighted by molar-refractivity contribution is -0.143. The van der Waals surface area contributed by atoms with Crippen molar-refractivity contribution in [3.05, 3.63) is 107 Å². The Morgan fingerprint density at radius 3 is 2.00 bits per heavy atom. The van der Waals surface area contributed by atoms with Crippen LogP contribution in [0.3, 0.4) is 0 Å². The van der Waals surface area contributed by atoms with Crippen molar-refractivity contribution in [1.82, 2.24) is 10.2 Å². The number of nitrogens with one attached hydrogen (secondary N) is 1. The van der Waals surface area contributed by atoms with E-state index in [1.165, 1.54) is 11.8 Å². The summed E-state index contributed by atoms with van der Waals surface area (Å²) >= 11 is 0. The van der Waals surface area contributed by atoms with Crippen LogP contribution in [0.2, 0.25) is 0 Å². The number of benzene rings is 3. The first-order valence-electron chi connectivity index (χ1n) is 16.0. The average molecular weight is 710 g/mol. The van der Waals surface area contributed by atoms with Crippen LogP contribution in [0.15, 0.2) is 78.9 Å². The number of hydrogen-bond acceptors (Lipinski definition) is 6. The Labute approximate surface area is 286 Å². The molecule has 0 radical (unpaired) electrons. The minimum absolute atomic E-state index is 0.0525. The molecule has 1 fully saturated rings. The minimum Gasteiger partial charge on any atom is -0.445 e. The average Bonchev–Trinajstić information content (AvgIpc) is 3.05. The van der Waals surface area contributed by atoms with Gasteiger partial charge < -0.3 is 25.3 Å². The predicted octanol–water partition coefficient (Wildman–Crippen LogP) is 8.35. The topological polar surface area (TPSA) is 103 Å². The second-order valence-corrected chi connectivity index (χ2v) is 13.2. The van der Waals surface area contributed by atoms with Gasteiger partial charge in [0.2, 0.25) is 0 Å². The van der Waals surface area contributed by atoms with E-state index in [0.29, 0.717) is 23.3 Å². The first kappa shape index (κ1) is 38.5. The number of likely N-dealkylation sites (tertiary alicyclic amines) is 1. The van der Waals surface area contributed by atoms with Crippen molar-refractivity contribution in [3.8, 4) is 0 Å². The molecule has 2 amide bonds. The number of hydrogen-bond donors (Lipinski definition) is 2. The maximum atomic E-state index is 14.2. The van der Waals surface area contributed by atoms with Crippen molar-refractivity contribution < 1.29 is 50.1 Å². The third kappa shape index (κ3) is 9.48. The number of carbonyl (C=O) groups excluding carboxylic acids is 2. The number of halogens is 6. The number of piperidine rings is 1. The van der Waals surface area contributed by atoms with E-state index in [-0.39, 0.29) is 44.2 Å². The summed E-state index contributed by atoms with van der Waals surface area (Å²) in [7, 11) is 0. The van der Waals surface area contributed by atoms with E-state index >= 15 is 0 Å². The molecule has 4 atom stereocenters. The fraction of sp³-hybridized carbons (Fsp3) is 0.444. The van der Waals surface area contributed by atoms with Gasteiger partial charge in [0.05, 0.1) is 41.5 Å². The molecule has 1 saturated heterocycles. The number of rotatable bonds is 9. The van der Waals surface area contributed by atoms with Crippen molar-refractivity contribution in [2.75, 3.05) is 13.2 Å². The Morgan fingerprint density at radius 2 is 1.48 bits per heavy atom. The summed E-state index contributed by atoms with van der Waals surface area (Å²) in [6.45, 7) is 5.78. The number of alkyl carbamates (subject to hydrolysis) is 1. The van der Waals surface area contributed by atoms with E-state index < -0.39 is 65.0 Å². The van der Waals surface area contributed by atoms with Crippen LogP contribution < -0.4 is 11.1 Å². The van der Waals surface area contributed by atoms with Crippen molar-refractivity contribution in [3.63, 3.8) is 0 Å². The molecule has 8 nitrogen and oxygen atoms in total. The fourth-order valence-electron chi connectivity index (χ4n) is 6.03. The number of carbonyl (C=O) groups is 2. The molecule has 1 heterocycles. The molecule has 0 saturated carbocycles. The van der Waals surface area contributed by atoms with Gasteiger partial charge in [-0.05, 0) is 75.4 Å². The molecule has 0 bridgehead atoms. The molecule has 0 spiro atoms. The van der Waals surface area contributed by atoms with Crippen LogP contribution in [-0.4, -0.2) is 47.9 Å². The summed E-state index contributed by atoms with van der Waals surface area (Å²) in [4.78, 5) is 28.5. The Bertz CT molecular complexity index is 1570. The summed E-state index contributed by atoms with van der Waals surface area (Å²) in [5, 5.41) is 2.81. The predicted molar refractivity (Wildman–Crippen MR) is 173 cm³/mol. The fourth-order valence-corrected chi connectivity index (χ4v) is 6.03. The second kappa shape index (κ2) is 15.3. The number of ether oxygens (including phenoxy) is 3. The van der Waals surface area contributed by atoms with Crippen LogP contribution in [0.4, 0.5) is 35.9 Å². The summed E-state index contributed by atoms with van der Waals surface area (Å²) < 4.78 is 99.4. The van der Waals surface area contributed by atoms with Crippen LogP contribution in [0.5, 0.6) is 0 Å². The van der Waals surface area contributed by atoms with Gasteiger partial charge in [-0.15, -0.1) is 0 Å². The van der Waals surface area contributed by atoms with Crippen molar-refractivity contribution in [2.24, 2.45) is 5.73 Å². The first-order valence-corrected chi connectivity index (χ1v) is 16.0. The van der Waals surface area contributed by atoms with E-state index in [0.717, 1.165) is 0 Å².